The maximum Gasteiger partial charge on any atom is 0.163 e. The molecule has 2 saturated heterocycles. The van der Waals surface area contributed by atoms with Crippen molar-refractivity contribution in [2.45, 2.75) is 57.3 Å². The van der Waals surface area contributed by atoms with Crippen LogP contribution in [0.15, 0.2) is 22.3 Å². The van der Waals surface area contributed by atoms with Gasteiger partial charge in [-0.05, 0) is 40.0 Å². The maximum atomic E-state index is 5.98. The molecule has 4 atom stereocenters. The first kappa shape index (κ1) is 17.3. The second-order valence-corrected chi connectivity index (χ2v) is 6.18. The summed E-state index contributed by atoms with van der Waals surface area (Å²) in [6.45, 7) is 11.5. The van der Waals surface area contributed by atoms with Gasteiger partial charge in [0.15, 0.2) is 5.79 Å². The van der Waals surface area contributed by atoms with Crippen molar-refractivity contribution < 1.29 is 14.2 Å². The Morgan fingerprint density at radius 3 is 3.00 bits per heavy atom. The number of fused-ring (bicyclic) bond motifs is 1. The molecule has 0 aromatic rings. The van der Waals surface area contributed by atoms with Crippen LogP contribution in [0.2, 0.25) is 0 Å². The number of allylic oxidation sites excluding steroid dienone is 1. The van der Waals surface area contributed by atoms with E-state index in [0.717, 1.165) is 19.6 Å². The Labute approximate surface area is 132 Å². The maximum absolute atomic E-state index is 5.98. The molecule has 0 spiro atoms. The fourth-order valence-electron chi connectivity index (χ4n) is 2.77. The van der Waals surface area contributed by atoms with Crippen molar-refractivity contribution in [2.24, 2.45) is 9.98 Å². The predicted octanol–water partition coefficient (Wildman–Crippen LogP) is 1.56. The molecule has 0 aromatic carbocycles. The number of nitrogens with one attached hydrogen (secondary N) is 1. The van der Waals surface area contributed by atoms with Gasteiger partial charge in [-0.1, -0.05) is 0 Å². The number of aliphatic imine (C=N–C) groups is 2. The summed E-state index contributed by atoms with van der Waals surface area (Å²) in [5, 5.41) is 3.45. The molecule has 2 fully saturated rings. The third kappa shape index (κ3) is 4.98. The molecule has 0 saturated carbocycles. The van der Waals surface area contributed by atoms with Crippen LogP contribution in [0, 0.1) is 0 Å². The zero-order valence-corrected chi connectivity index (χ0v) is 13.7. The summed E-state index contributed by atoms with van der Waals surface area (Å²) in [5.74, 6) is -0.511. The predicted molar refractivity (Wildman–Crippen MR) is 87.7 cm³/mol. The number of ether oxygens (including phenoxy) is 3. The zero-order chi connectivity index (χ0) is 16.0. The Kier molecular flexibility index (Phi) is 6.26. The van der Waals surface area contributed by atoms with Gasteiger partial charge in [0.1, 0.15) is 6.10 Å². The molecule has 2 aliphatic rings. The smallest absolute Gasteiger partial charge is 0.163 e. The Bertz CT molecular complexity index is 423. The van der Waals surface area contributed by atoms with Gasteiger partial charge >= 0.3 is 0 Å². The van der Waals surface area contributed by atoms with Gasteiger partial charge in [0.25, 0.3) is 0 Å². The standard InChI is InChI=1S/C16H27N3O3/c1-12(10-18-8-5-7-17-4)19-11-14-15-13(6-9-20-14)21-16(2,3)22-15/h5,7-8,12-15,19H,4,6,9-11H2,1-3H3/b7-5-,18-8?. The van der Waals surface area contributed by atoms with E-state index >= 15 is 0 Å². The lowest BCUT2D eigenvalue weighted by Crippen LogP contribution is -2.49. The van der Waals surface area contributed by atoms with Crippen molar-refractivity contribution in [3.05, 3.63) is 12.3 Å². The van der Waals surface area contributed by atoms with Crippen LogP contribution < -0.4 is 5.32 Å². The molecular formula is C16H27N3O3. The molecule has 6 heteroatoms. The first-order valence-corrected chi connectivity index (χ1v) is 7.83. The summed E-state index contributed by atoms with van der Waals surface area (Å²) in [7, 11) is 0. The van der Waals surface area contributed by atoms with Crippen molar-refractivity contribution in [1.82, 2.24) is 5.32 Å². The number of rotatable bonds is 7. The molecule has 124 valence electrons. The van der Waals surface area contributed by atoms with Gasteiger partial charge in [-0.15, -0.1) is 0 Å². The molecule has 22 heavy (non-hydrogen) atoms. The lowest BCUT2D eigenvalue weighted by Gasteiger charge is -2.32. The highest BCUT2D eigenvalue weighted by Crippen LogP contribution is 2.34. The van der Waals surface area contributed by atoms with Crippen LogP contribution in [0.25, 0.3) is 0 Å². The molecule has 2 heterocycles. The minimum atomic E-state index is -0.511. The number of nitrogens with zero attached hydrogens (tertiary/aromatic N) is 2. The lowest BCUT2D eigenvalue weighted by atomic mass is 10.0. The normalized spacial score (nSPS) is 32.4. The fourth-order valence-corrected chi connectivity index (χ4v) is 2.77. The Hall–Kier alpha value is -1.08. The van der Waals surface area contributed by atoms with E-state index in [1.165, 1.54) is 0 Å². The molecule has 4 unspecified atom stereocenters. The highest BCUT2D eigenvalue weighted by Gasteiger charge is 2.47. The molecule has 0 radical (unpaired) electrons. The monoisotopic (exact) mass is 309 g/mol. The average Bonchev–Trinajstić information content (AvgIpc) is 2.79. The summed E-state index contributed by atoms with van der Waals surface area (Å²) in [4.78, 5) is 7.92. The first-order chi connectivity index (χ1) is 10.5. The number of hydrogen-bond acceptors (Lipinski definition) is 6. The first-order valence-electron chi connectivity index (χ1n) is 7.83. The van der Waals surface area contributed by atoms with Crippen molar-refractivity contribution in [2.75, 3.05) is 19.7 Å². The molecule has 0 aliphatic carbocycles. The van der Waals surface area contributed by atoms with Crippen LogP contribution >= 0.6 is 0 Å². The van der Waals surface area contributed by atoms with Crippen LogP contribution in [0.5, 0.6) is 0 Å². The summed E-state index contributed by atoms with van der Waals surface area (Å²) in [6.07, 6.45) is 6.17. The summed E-state index contributed by atoms with van der Waals surface area (Å²) >= 11 is 0. The molecule has 0 bridgehead atoms. The van der Waals surface area contributed by atoms with E-state index in [4.69, 9.17) is 14.2 Å². The van der Waals surface area contributed by atoms with E-state index in [2.05, 4.69) is 28.9 Å². The molecule has 2 aliphatic heterocycles. The SMILES string of the molecule is C=N/C=C\C=NCC(C)NCC1OCCC2OC(C)(C)OC12. The Morgan fingerprint density at radius 1 is 1.41 bits per heavy atom. The largest absolute Gasteiger partial charge is 0.374 e. The summed E-state index contributed by atoms with van der Waals surface area (Å²) < 4.78 is 17.8. The molecule has 6 nitrogen and oxygen atoms in total. The Balaban J connectivity index is 1.75. The van der Waals surface area contributed by atoms with Gasteiger partial charge in [-0.3, -0.25) is 9.98 Å². The van der Waals surface area contributed by atoms with Crippen LogP contribution in [-0.4, -0.2) is 62.8 Å². The topological polar surface area (TPSA) is 64.4 Å². The van der Waals surface area contributed by atoms with E-state index in [0.29, 0.717) is 6.54 Å². The van der Waals surface area contributed by atoms with Gasteiger partial charge in [-0.2, -0.15) is 0 Å². The number of hydrogen-bond donors (Lipinski definition) is 1. The van der Waals surface area contributed by atoms with Gasteiger partial charge in [0.05, 0.1) is 18.8 Å². The zero-order valence-electron chi connectivity index (χ0n) is 13.7. The van der Waals surface area contributed by atoms with Crippen LogP contribution in [0.4, 0.5) is 0 Å². The van der Waals surface area contributed by atoms with Gasteiger partial charge < -0.3 is 19.5 Å². The highest BCUT2D eigenvalue weighted by atomic mass is 16.8. The second-order valence-electron chi connectivity index (χ2n) is 6.18. The molecule has 1 N–H and O–H groups in total. The van der Waals surface area contributed by atoms with Crippen LogP contribution in [-0.2, 0) is 14.2 Å². The third-order valence-corrected chi connectivity index (χ3v) is 3.75. The van der Waals surface area contributed by atoms with Crippen LogP contribution in [0.1, 0.15) is 27.2 Å². The lowest BCUT2D eigenvalue weighted by molar-refractivity contribution is -0.153. The van der Waals surface area contributed by atoms with E-state index in [-0.39, 0.29) is 24.4 Å². The second kappa shape index (κ2) is 7.97. The van der Waals surface area contributed by atoms with Gasteiger partial charge in [0.2, 0.25) is 0 Å². The highest BCUT2D eigenvalue weighted by molar-refractivity contribution is 5.71. The van der Waals surface area contributed by atoms with Gasteiger partial charge in [0, 0.05) is 31.6 Å². The van der Waals surface area contributed by atoms with Gasteiger partial charge in [-0.25, -0.2) is 0 Å². The van der Waals surface area contributed by atoms with E-state index in [1.807, 2.05) is 13.8 Å². The van der Waals surface area contributed by atoms with E-state index in [9.17, 15) is 0 Å². The van der Waals surface area contributed by atoms with Crippen LogP contribution in [0.3, 0.4) is 0 Å². The fraction of sp³-hybridized carbons (Fsp3) is 0.750. The average molecular weight is 309 g/mol. The quantitative estimate of drug-likeness (QED) is 0.725. The minimum absolute atomic E-state index is 0.00792. The minimum Gasteiger partial charge on any atom is -0.374 e. The molecular weight excluding hydrogens is 282 g/mol. The van der Waals surface area contributed by atoms with E-state index in [1.54, 1.807) is 18.5 Å². The molecule has 0 aromatic heterocycles. The van der Waals surface area contributed by atoms with Crippen molar-refractivity contribution in [3.63, 3.8) is 0 Å². The Morgan fingerprint density at radius 2 is 2.23 bits per heavy atom. The molecule has 2 rings (SSSR count). The third-order valence-electron chi connectivity index (χ3n) is 3.75. The molecule has 0 amide bonds. The van der Waals surface area contributed by atoms with Crippen molar-refractivity contribution in [3.8, 4) is 0 Å². The summed E-state index contributed by atoms with van der Waals surface area (Å²) in [6, 6.07) is 0.264. The van der Waals surface area contributed by atoms with Crippen molar-refractivity contribution in [1.29, 1.82) is 0 Å². The van der Waals surface area contributed by atoms with Crippen molar-refractivity contribution >= 4 is 12.9 Å². The summed E-state index contributed by atoms with van der Waals surface area (Å²) in [5.41, 5.74) is 0. The van der Waals surface area contributed by atoms with E-state index < -0.39 is 5.79 Å².